The van der Waals surface area contributed by atoms with Gasteiger partial charge < -0.3 is 9.88 Å². The van der Waals surface area contributed by atoms with Crippen LogP contribution in [0.2, 0.25) is 0 Å². The molecular formula is C19H12FN9. The smallest absolute Gasteiger partial charge is 0.228 e. The molecule has 0 saturated carbocycles. The first-order valence-corrected chi connectivity index (χ1v) is 8.80. The molecule has 0 radical (unpaired) electrons. The number of aromatic nitrogens is 6. The van der Waals surface area contributed by atoms with Crippen LogP contribution in [0.4, 0.5) is 10.3 Å². The molecule has 4 aromatic rings. The summed E-state index contributed by atoms with van der Waals surface area (Å²) < 4.78 is 15.7. The van der Waals surface area contributed by atoms with Gasteiger partial charge in [0, 0.05) is 30.9 Å². The fourth-order valence-electron chi connectivity index (χ4n) is 3.60. The summed E-state index contributed by atoms with van der Waals surface area (Å²) in [6.45, 7) is 0.510. The van der Waals surface area contributed by atoms with Crippen LogP contribution in [0, 0.1) is 28.5 Å². The van der Waals surface area contributed by atoms with Gasteiger partial charge in [0.1, 0.15) is 40.9 Å². The summed E-state index contributed by atoms with van der Waals surface area (Å²) in [6.07, 6.45) is 3.92. The maximum absolute atomic E-state index is 14.2. The first-order valence-electron chi connectivity index (χ1n) is 8.80. The third-order valence-electron chi connectivity index (χ3n) is 4.87. The number of hydrogen-bond acceptors (Lipinski definition) is 7. The monoisotopic (exact) mass is 385 g/mol. The van der Waals surface area contributed by atoms with Gasteiger partial charge in [0.25, 0.3) is 0 Å². The number of imidazole rings is 1. The number of fused-ring (bicyclic) bond motifs is 2. The van der Waals surface area contributed by atoms with E-state index in [1.165, 1.54) is 16.6 Å². The molecule has 0 spiro atoms. The Bertz CT molecular complexity index is 1290. The second-order valence-electron chi connectivity index (χ2n) is 6.53. The van der Waals surface area contributed by atoms with Crippen molar-refractivity contribution in [2.45, 2.75) is 12.5 Å². The number of nitrogens with one attached hydrogen (secondary N) is 1. The molecule has 1 aliphatic heterocycles. The lowest BCUT2D eigenvalue weighted by Gasteiger charge is -2.33. The lowest BCUT2D eigenvalue weighted by Crippen LogP contribution is -2.38. The Kier molecular flexibility index (Phi) is 3.71. The van der Waals surface area contributed by atoms with Crippen molar-refractivity contribution in [3.8, 4) is 12.1 Å². The SMILES string of the molecule is N#Cc1cc(C#N)nc(N2CCc3[nH]cnc3[C@H]2c2cc3c(F)cccn3n2)n1. The zero-order valence-electron chi connectivity index (χ0n) is 14.9. The lowest BCUT2D eigenvalue weighted by atomic mass is 10.00. The molecule has 140 valence electrons. The standard InChI is InChI=1S/C19H12FN9/c20-13-2-1-4-29-16(13)7-15(27-29)18-17-14(23-10-24-17)3-5-28(18)19-25-11(8-21)6-12(9-22)26-19/h1-2,4,6-7,10,18H,3,5H2,(H,23,24)/t18-/m1/s1. The van der Waals surface area contributed by atoms with Gasteiger partial charge in [-0.15, -0.1) is 0 Å². The van der Waals surface area contributed by atoms with E-state index in [0.717, 1.165) is 11.4 Å². The molecule has 5 heterocycles. The van der Waals surface area contributed by atoms with Crippen LogP contribution in [-0.4, -0.2) is 36.1 Å². The van der Waals surface area contributed by atoms with Crippen LogP contribution in [-0.2, 0) is 6.42 Å². The van der Waals surface area contributed by atoms with E-state index in [2.05, 4.69) is 25.0 Å². The molecule has 0 fully saturated rings. The van der Waals surface area contributed by atoms with Gasteiger partial charge in [0.2, 0.25) is 5.95 Å². The Balaban J connectivity index is 1.70. The first kappa shape index (κ1) is 16.8. The molecule has 0 bridgehead atoms. The predicted octanol–water partition coefficient (Wildman–Crippen LogP) is 1.88. The van der Waals surface area contributed by atoms with Gasteiger partial charge in [-0.25, -0.2) is 23.9 Å². The third kappa shape index (κ3) is 2.66. The number of halogens is 1. The average Bonchev–Trinajstić information content (AvgIpc) is 3.40. The Morgan fingerprint density at radius 3 is 2.69 bits per heavy atom. The fourth-order valence-corrected chi connectivity index (χ4v) is 3.60. The molecule has 1 N–H and O–H groups in total. The Morgan fingerprint density at radius 2 is 1.97 bits per heavy atom. The maximum Gasteiger partial charge on any atom is 0.228 e. The molecule has 9 nitrogen and oxygen atoms in total. The van der Waals surface area contributed by atoms with Gasteiger partial charge in [-0.2, -0.15) is 15.6 Å². The molecule has 0 amide bonds. The summed E-state index contributed by atoms with van der Waals surface area (Å²) in [5.74, 6) is -0.151. The van der Waals surface area contributed by atoms with Gasteiger partial charge in [-0.1, -0.05) is 0 Å². The minimum atomic E-state index is -0.496. The number of aromatic amines is 1. The minimum Gasteiger partial charge on any atom is -0.348 e. The van der Waals surface area contributed by atoms with Crippen LogP contribution in [0.5, 0.6) is 0 Å². The molecule has 1 aliphatic rings. The summed E-state index contributed by atoms with van der Waals surface area (Å²) in [4.78, 5) is 18.0. The highest BCUT2D eigenvalue weighted by Crippen LogP contribution is 2.35. The first-order chi connectivity index (χ1) is 14.2. The molecule has 0 unspecified atom stereocenters. The van der Waals surface area contributed by atoms with Gasteiger partial charge >= 0.3 is 0 Å². The second kappa shape index (κ2) is 6.39. The van der Waals surface area contributed by atoms with Crippen LogP contribution in [0.15, 0.2) is 36.8 Å². The average molecular weight is 385 g/mol. The molecular weight excluding hydrogens is 373 g/mol. The van der Waals surface area contributed by atoms with Crippen molar-refractivity contribution < 1.29 is 4.39 Å². The summed E-state index contributed by atoms with van der Waals surface area (Å²) >= 11 is 0. The Morgan fingerprint density at radius 1 is 1.17 bits per heavy atom. The van der Waals surface area contributed by atoms with Gasteiger partial charge in [-0.05, 0) is 18.2 Å². The zero-order chi connectivity index (χ0) is 20.0. The maximum atomic E-state index is 14.2. The van der Waals surface area contributed by atoms with E-state index < -0.39 is 6.04 Å². The number of pyridine rings is 1. The van der Waals surface area contributed by atoms with Gasteiger partial charge in [0.05, 0.1) is 17.7 Å². The van der Waals surface area contributed by atoms with E-state index >= 15 is 0 Å². The Hall–Kier alpha value is -4.31. The van der Waals surface area contributed by atoms with Crippen LogP contribution < -0.4 is 4.90 Å². The summed E-state index contributed by atoms with van der Waals surface area (Å²) in [6, 6.07) is 9.37. The number of anilines is 1. The van der Waals surface area contributed by atoms with Crippen molar-refractivity contribution >= 4 is 11.5 Å². The van der Waals surface area contributed by atoms with Crippen molar-refractivity contribution in [1.29, 1.82) is 10.5 Å². The zero-order valence-corrected chi connectivity index (χ0v) is 14.9. The normalized spacial score (nSPS) is 15.7. The second-order valence-corrected chi connectivity index (χ2v) is 6.53. The summed E-state index contributed by atoms with van der Waals surface area (Å²) in [5, 5.41) is 23.1. The summed E-state index contributed by atoms with van der Waals surface area (Å²) in [7, 11) is 0. The largest absolute Gasteiger partial charge is 0.348 e. The molecule has 0 aromatic carbocycles. The van der Waals surface area contributed by atoms with Crippen molar-refractivity contribution in [2.24, 2.45) is 0 Å². The van der Waals surface area contributed by atoms with Crippen molar-refractivity contribution in [3.05, 3.63) is 71.1 Å². The number of hydrogen-bond donors (Lipinski definition) is 1. The van der Waals surface area contributed by atoms with E-state index in [-0.39, 0.29) is 23.2 Å². The fraction of sp³-hybridized carbons (Fsp3) is 0.158. The van der Waals surface area contributed by atoms with Crippen molar-refractivity contribution in [2.75, 3.05) is 11.4 Å². The number of H-pyrrole nitrogens is 1. The highest BCUT2D eigenvalue weighted by molar-refractivity contribution is 5.54. The highest BCUT2D eigenvalue weighted by Gasteiger charge is 2.35. The molecule has 29 heavy (non-hydrogen) atoms. The lowest BCUT2D eigenvalue weighted by molar-refractivity contribution is 0.601. The highest BCUT2D eigenvalue weighted by atomic mass is 19.1. The van der Waals surface area contributed by atoms with Crippen molar-refractivity contribution in [3.63, 3.8) is 0 Å². The van der Waals surface area contributed by atoms with Crippen molar-refractivity contribution in [1.82, 2.24) is 29.5 Å². The van der Waals surface area contributed by atoms with E-state index in [4.69, 9.17) is 0 Å². The molecule has 0 aliphatic carbocycles. The van der Waals surface area contributed by atoms with E-state index in [0.29, 0.717) is 24.2 Å². The van der Waals surface area contributed by atoms with Crippen LogP contribution in [0.25, 0.3) is 5.52 Å². The predicted molar refractivity (Wildman–Crippen MR) is 98.1 cm³/mol. The van der Waals surface area contributed by atoms with Crippen LogP contribution >= 0.6 is 0 Å². The quantitative estimate of drug-likeness (QED) is 0.559. The number of nitrogens with zero attached hydrogens (tertiary/aromatic N) is 8. The molecule has 4 aromatic heterocycles. The number of nitriles is 2. The number of rotatable bonds is 2. The topological polar surface area (TPSA) is 123 Å². The van der Waals surface area contributed by atoms with Gasteiger partial charge in [0.15, 0.2) is 0 Å². The molecule has 1 atom stereocenters. The third-order valence-corrected chi connectivity index (χ3v) is 4.87. The molecule has 0 saturated heterocycles. The molecule has 10 heteroatoms. The van der Waals surface area contributed by atoms with Gasteiger partial charge in [-0.3, -0.25) is 0 Å². The summed E-state index contributed by atoms with van der Waals surface area (Å²) in [5.41, 5.74) is 2.77. The van der Waals surface area contributed by atoms with E-state index in [1.54, 1.807) is 24.7 Å². The van der Waals surface area contributed by atoms with E-state index in [9.17, 15) is 14.9 Å². The minimum absolute atomic E-state index is 0.0965. The molecule has 5 rings (SSSR count). The van der Waals surface area contributed by atoms with Crippen LogP contribution in [0.1, 0.15) is 34.5 Å². The van der Waals surface area contributed by atoms with E-state index in [1.807, 2.05) is 17.0 Å². The van der Waals surface area contributed by atoms with Crippen LogP contribution in [0.3, 0.4) is 0 Å². The Labute approximate surface area is 163 Å².